The summed E-state index contributed by atoms with van der Waals surface area (Å²) in [5.41, 5.74) is 2.56. The summed E-state index contributed by atoms with van der Waals surface area (Å²) in [4.78, 5) is 32.3. The Hall–Kier alpha value is -2.22. The van der Waals surface area contributed by atoms with Crippen molar-refractivity contribution in [3.05, 3.63) is 32.6 Å². The fourth-order valence-corrected chi connectivity index (χ4v) is 4.36. The SMILES string of the molecule is Cc1nc(C(C)C)sc1C(=O)NC1CCC(=O)N(Cc2c(C)noc2C)CC1. The smallest absolute Gasteiger partial charge is 0.263 e. The van der Waals surface area contributed by atoms with Gasteiger partial charge in [-0.15, -0.1) is 11.3 Å². The van der Waals surface area contributed by atoms with Crippen molar-refractivity contribution in [2.45, 2.75) is 72.4 Å². The van der Waals surface area contributed by atoms with Gasteiger partial charge in [-0.3, -0.25) is 9.59 Å². The van der Waals surface area contributed by atoms with Gasteiger partial charge >= 0.3 is 0 Å². The van der Waals surface area contributed by atoms with E-state index in [0.29, 0.717) is 36.7 Å². The number of aromatic nitrogens is 2. The molecule has 1 aliphatic heterocycles. The van der Waals surface area contributed by atoms with Gasteiger partial charge < -0.3 is 14.7 Å². The van der Waals surface area contributed by atoms with Gasteiger partial charge in [-0.25, -0.2) is 4.98 Å². The van der Waals surface area contributed by atoms with Crippen LogP contribution < -0.4 is 5.32 Å². The van der Waals surface area contributed by atoms with E-state index in [-0.39, 0.29) is 17.9 Å². The van der Waals surface area contributed by atoms with Gasteiger partial charge in [0.1, 0.15) is 10.6 Å². The molecule has 3 rings (SSSR count). The van der Waals surface area contributed by atoms with Crippen LogP contribution in [0.4, 0.5) is 0 Å². The molecule has 7 nitrogen and oxygen atoms in total. The van der Waals surface area contributed by atoms with E-state index in [2.05, 4.69) is 29.3 Å². The summed E-state index contributed by atoms with van der Waals surface area (Å²) < 4.78 is 5.21. The number of thiazole rings is 1. The number of likely N-dealkylation sites (tertiary alicyclic amines) is 1. The summed E-state index contributed by atoms with van der Waals surface area (Å²) in [6.07, 6.45) is 1.81. The maximum atomic E-state index is 12.7. The highest BCUT2D eigenvalue weighted by molar-refractivity contribution is 7.13. The van der Waals surface area contributed by atoms with Crippen molar-refractivity contribution < 1.29 is 14.1 Å². The zero-order chi connectivity index (χ0) is 20.4. The molecule has 152 valence electrons. The summed E-state index contributed by atoms with van der Waals surface area (Å²) in [6.45, 7) is 10.9. The van der Waals surface area contributed by atoms with Gasteiger partial charge in [0.25, 0.3) is 5.91 Å². The lowest BCUT2D eigenvalue weighted by Gasteiger charge is -2.21. The van der Waals surface area contributed by atoms with E-state index in [9.17, 15) is 9.59 Å². The number of carbonyl (C=O) groups excluding carboxylic acids is 2. The molecule has 2 aromatic rings. The molecule has 3 heterocycles. The second kappa shape index (κ2) is 8.43. The van der Waals surface area contributed by atoms with E-state index in [1.807, 2.05) is 25.7 Å². The Morgan fingerprint density at radius 2 is 2.04 bits per heavy atom. The minimum Gasteiger partial charge on any atom is -0.361 e. The number of hydrogen-bond donors (Lipinski definition) is 1. The molecule has 1 N–H and O–H groups in total. The van der Waals surface area contributed by atoms with Crippen molar-refractivity contribution in [1.82, 2.24) is 20.4 Å². The lowest BCUT2D eigenvalue weighted by atomic mass is 10.1. The summed E-state index contributed by atoms with van der Waals surface area (Å²) in [7, 11) is 0. The van der Waals surface area contributed by atoms with Gasteiger partial charge in [0.05, 0.1) is 22.9 Å². The molecule has 2 amide bonds. The van der Waals surface area contributed by atoms with E-state index in [4.69, 9.17) is 4.52 Å². The molecule has 1 unspecified atom stereocenters. The van der Waals surface area contributed by atoms with E-state index in [0.717, 1.165) is 34.1 Å². The zero-order valence-electron chi connectivity index (χ0n) is 17.2. The first-order valence-corrected chi connectivity index (χ1v) is 10.6. The average Bonchev–Trinajstić information content (AvgIpc) is 3.13. The molecular weight excluding hydrogens is 376 g/mol. The van der Waals surface area contributed by atoms with Crippen LogP contribution in [0.5, 0.6) is 0 Å². The second-order valence-corrected chi connectivity index (χ2v) is 8.77. The summed E-state index contributed by atoms with van der Waals surface area (Å²) in [6, 6.07) is -0.0184. The first kappa shape index (κ1) is 20.5. The molecule has 1 saturated heterocycles. The first-order valence-electron chi connectivity index (χ1n) is 9.74. The molecule has 1 aliphatic rings. The van der Waals surface area contributed by atoms with Crippen LogP contribution in [0.25, 0.3) is 0 Å². The fourth-order valence-electron chi connectivity index (χ4n) is 3.39. The quantitative estimate of drug-likeness (QED) is 0.824. The van der Waals surface area contributed by atoms with Crippen LogP contribution in [0.15, 0.2) is 4.52 Å². The number of nitrogens with one attached hydrogen (secondary N) is 1. The van der Waals surface area contributed by atoms with E-state index in [1.165, 1.54) is 11.3 Å². The Kier molecular flexibility index (Phi) is 6.17. The van der Waals surface area contributed by atoms with Crippen molar-refractivity contribution >= 4 is 23.2 Å². The van der Waals surface area contributed by atoms with E-state index < -0.39 is 0 Å². The predicted molar refractivity (Wildman–Crippen MR) is 107 cm³/mol. The van der Waals surface area contributed by atoms with Crippen molar-refractivity contribution in [2.75, 3.05) is 6.54 Å². The van der Waals surface area contributed by atoms with Gasteiger partial charge in [0.15, 0.2) is 0 Å². The lowest BCUT2D eigenvalue weighted by molar-refractivity contribution is -0.131. The van der Waals surface area contributed by atoms with Crippen LogP contribution in [0.3, 0.4) is 0 Å². The first-order chi connectivity index (χ1) is 13.3. The van der Waals surface area contributed by atoms with Gasteiger partial charge in [-0.1, -0.05) is 19.0 Å². The largest absolute Gasteiger partial charge is 0.361 e. The minimum absolute atomic E-state index is 0.0184. The summed E-state index contributed by atoms with van der Waals surface area (Å²) in [5, 5.41) is 8.05. The molecule has 0 radical (unpaired) electrons. The maximum Gasteiger partial charge on any atom is 0.263 e. The minimum atomic E-state index is -0.0847. The van der Waals surface area contributed by atoms with Crippen molar-refractivity contribution in [3.8, 4) is 0 Å². The molecule has 28 heavy (non-hydrogen) atoms. The van der Waals surface area contributed by atoms with Crippen molar-refractivity contribution in [2.24, 2.45) is 0 Å². The molecule has 0 bridgehead atoms. The highest BCUT2D eigenvalue weighted by atomic mass is 32.1. The van der Waals surface area contributed by atoms with Crippen LogP contribution >= 0.6 is 11.3 Å². The molecule has 8 heteroatoms. The molecule has 0 aliphatic carbocycles. The predicted octanol–water partition coefficient (Wildman–Crippen LogP) is 3.49. The molecule has 0 spiro atoms. The molecule has 0 aromatic carbocycles. The van der Waals surface area contributed by atoms with Crippen LogP contribution in [0.1, 0.15) is 76.4 Å². The van der Waals surface area contributed by atoms with Crippen LogP contribution in [0.2, 0.25) is 0 Å². The molecule has 1 fully saturated rings. The highest BCUT2D eigenvalue weighted by Crippen LogP contribution is 2.25. The third-order valence-electron chi connectivity index (χ3n) is 5.19. The normalized spacial score (nSPS) is 17.9. The monoisotopic (exact) mass is 404 g/mol. The lowest BCUT2D eigenvalue weighted by Crippen LogP contribution is -2.35. The zero-order valence-corrected chi connectivity index (χ0v) is 18.0. The second-order valence-electron chi connectivity index (χ2n) is 7.74. The molecule has 1 atom stereocenters. The fraction of sp³-hybridized carbons (Fsp3) is 0.600. The molecular formula is C20H28N4O3S. The Balaban J connectivity index is 1.63. The number of aryl methyl sites for hydroxylation is 3. The van der Waals surface area contributed by atoms with E-state index >= 15 is 0 Å². The molecule has 2 aromatic heterocycles. The highest BCUT2D eigenvalue weighted by Gasteiger charge is 2.26. The number of amides is 2. The van der Waals surface area contributed by atoms with E-state index in [1.54, 1.807) is 0 Å². The molecule has 0 saturated carbocycles. The maximum absolute atomic E-state index is 12.7. The Bertz CT molecular complexity index is 851. The van der Waals surface area contributed by atoms with Crippen molar-refractivity contribution in [3.63, 3.8) is 0 Å². The Morgan fingerprint density at radius 1 is 1.29 bits per heavy atom. The number of hydrogen-bond acceptors (Lipinski definition) is 6. The third kappa shape index (κ3) is 4.43. The summed E-state index contributed by atoms with van der Waals surface area (Å²) in [5.74, 6) is 1.07. The van der Waals surface area contributed by atoms with Gasteiger partial charge in [0, 0.05) is 30.5 Å². The Labute approximate surface area is 169 Å². The van der Waals surface area contributed by atoms with Crippen molar-refractivity contribution in [1.29, 1.82) is 0 Å². The third-order valence-corrected chi connectivity index (χ3v) is 6.64. The van der Waals surface area contributed by atoms with Crippen LogP contribution in [-0.4, -0.2) is 39.4 Å². The topological polar surface area (TPSA) is 88.3 Å². The number of carbonyl (C=O) groups is 2. The standard InChI is InChI=1S/C20H28N4O3S/c1-11(2)20-21-13(4)18(28-20)19(26)22-15-6-7-17(25)24(9-8-15)10-16-12(3)23-27-14(16)5/h11,15H,6-10H2,1-5H3,(H,22,26). The van der Waals surface area contributed by atoms with Gasteiger partial charge in [0.2, 0.25) is 5.91 Å². The Morgan fingerprint density at radius 3 is 2.64 bits per heavy atom. The number of rotatable bonds is 5. The van der Waals surface area contributed by atoms with Crippen LogP contribution in [-0.2, 0) is 11.3 Å². The van der Waals surface area contributed by atoms with Gasteiger partial charge in [-0.05, 0) is 33.6 Å². The van der Waals surface area contributed by atoms with Gasteiger partial charge in [-0.2, -0.15) is 0 Å². The average molecular weight is 405 g/mol. The number of nitrogens with zero attached hydrogens (tertiary/aromatic N) is 3. The van der Waals surface area contributed by atoms with Crippen LogP contribution in [0, 0.1) is 20.8 Å². The summed E-state index contributed by atoms with van der Waals surface area (Å²) >= 11 is 1.46.